The highest BCUT2D eigenvalue weighted by molar-refractivity contribution is 7.89. The molecular weight excluding hydrogens is 466 g/mol. The molecule has 0 saturated carbocycles. The zero-order valence-electron chi connectivity index (χ0n) is 18.0. The highest BCUT2D eigenvalue weighted by Crippen LogP contribution is 2.30. The van der Waals surface area contributed by atoms with Crippen molar-refractivity contribution in [1.82, 2.24) is 14.7 Å². The Morgan fingerprint density at radius 2 is 1.68 bits per heavy atom. The summed E-state index contributed by atoms with van der Waals surface area (Å²) in [5.74, 6) is -2.34. The first kappa shape index (κ1) is 23.2. The lowest BCUT2D eigenvalue weighted by atomic mass is 10.2. The molecule has 0 bridgehead atoms. The van der Waals surface area contributed by atoms with Crippen molar-refractivity contribution in [1.29, 1.82) is 0 Å². The number of rotatable bonds is 6. The van der Waals surface area contributed by atoms with Crippen molar-refractivity contribution in [3.8, 4) is 11.6 Å². The molecule has 11 heteroatoms. The van der Waals surface area contributed by atoms with Crippen molar-refractivity contribution in [2.24, 2.45) is 0 Å². The number of hydrogen-bond acceptors (Lipinski definition) is 6. The van der Waals surface area contributed by atoms with Gasteiger partial charge in [0.1, 0.15) is 22.3 Å². The minimum Gasteiger partial charge on any atom is -0.437 e. The normalized spacial score (nSPS) is 11.4. The van der Waals surface area contributed by atoms with E-state index in [9.17, 15) is 22.0 Å². The number of benzene rings is 3. The summed E-state index contributed by atoms with van der Waals surface area (Å²) in [6, 6.07) is 14.0. The van der Waals surface area contributed by atoms with Gasteiger partial charge in [0, 0.05) is 0 Å². The Bertz CT molecular complexity index is 1530. The van der Waals surface area contributed by atoms with E-state index in [1.807, 2.05) is 4.72 Å². The van der Waals surface area contributed by atoms with Gasteiger partial charge in [-0.15, -0.1) is 0 Å². The number of anilines is 1. The average Bonchev–Trinajstić information content (AvgIpc) is 2.80. The van der Waals surface area contributed by atoms with E-state index in [1.165, 1.54) is 30.3 Å². The Hall–Kier alpha value is -3.96. The lowest BCUT2D eigenvalue weighted by Crippen LogP contribution is -2.23. The van der Waals surface area contributed by atoms with Gasteiger partial charge in [-0.1, -0.05) is 18.2 Å². The van der Waals surface area contributed by atoms with Crippen molar-refractivity contribution >= 4 is 32.7 Å². The van der Waals surface area contributed by atoms with Crippen molar-refractivity contribution in [2.75, 3.05) is 12.4 Å². The van der Waals surface area contributed by atoms with Gasteiger partial charge in [0.25, 0.3) is 11.8 Å². The van der Waals surface area contributed by atoms with Crippen molar-refractivity contribution in [3.63, 3.8) is 0 Å². The van der Waals surface area contributed by atoms with Gasteiger partial charge in [0.05, 0.1) is 16.7 Å². The van der Waals surface area contributed by atoms with Gasteiger partial charge in [-0.3, -0.25) is 4.79 Å². The summed E-state index contributed by atoms with van der Waals surface area (Å²) in [6.07, 6.45) is 0. The van der Waals surface area contributed by atoms with E-state index in [-0.39, 0.29) is 23.0 Å². The van der Waals surface area contributed by atoms with Gasteiger partial charge in [-0.05, 0) is 62.0 Å². The van der Waals surface area contributed by atoms with E-state index in [0.717, 1.165) is 13.1 Å². The van der Waals surface area contributed by atoms with E-state index in [4.69, 9.17) is 4.74 Å². The van der Waals surface area contributed by atoms with Crippen LogP contribution in [0.3, 0.4) is 0 Å². The minimum absolute atomic E-state index is 0.194. The standard InChI is InChI=1S/C23H18F2N4O4S/c1-13-12-14(24)10-11-19(13)33-23-20(27-16-7-3-4-8-17(16)29-23)22(30)28-18-9-5-6-15(25)21(18)34(31,32)26-2/h3-12,26H,1-2H3,(H,28,30). The maximum Gasteiger partial charge on any atom is 0.279 e. The van der Waals surface area contributed by atoms with Crippen molar-refractivity contribution in [3.05, 3.63) is 83.6 Å². The van der Waals surface area contributed by atoms with Gasteiger partial charge < -0.3 is 10.1 Å². The largest absolute Gasteiger partial charge is 0.437 e. The molecule has 1 aromatic heterocycles. The fourth-order valence-electron chi connectivity index (χ4n) is 3.20. The molecule has 0 aliphatic carbocycles. The van der Waals surface area contributed by atoms with Crippen LogP contribution in [0.5, 0.6) is 11.6 Å². The first-order valence-electron chi connectivity index (χ1n) is 9.94. The molecular formula is C23H18F2N4O4S. The predicted molar refractivity (Wildman–Crippen MR) is 121 cm³/mol. The minimum atomic E-state index is -4.23. The Balaban J connectivity index is 1.80. The molecule has 0 saturated heterocycles. The van der Waals surface area contributed by atoms with Gasteiger partial charge in [0.15, 0.2) is 5.69 Å². The molecule has 1 amide bonds. The lowest BCUT2D eigenvalue weighted by Gasteiger charge is -2.14. The molecule has 174 valence electrons. The van der Waals surface area contributed by atoms with Crippen LogP contribution in [0.2, 0.25) is 0 Å². The molecule has 8 nitrogen and oxygen atoms in total. The number of amides is 1. The molecule has 0 radical (unpaired) electrons. The maximum atomic E-state index is 14.4. The number of ether oxygens (including phenoxy) is 1. The SMILES string of the molecule is CNS(=O)(=O)c1c(F)cccc1NC(=O)c1nc2ccccc2nc1Oc1ccc(F)cc1C. The molecule has 4 rings (SSSR count). The second kappa shape index (κ2) is 9.12. The molecule has 1 heterocycles. The van der Waals surface area contributed by atoms with Crippen LogP contribution in [0.1, 0.15) is 16.1 Å². The number of aryl methyl sites for hydroxylation is 1. The monoisotopic (exact) mass is 484 g/mol. The second-order valence-electron chi connectivity index (χ2n) is 7.16. The van der Waals surface area contributed by atoms with Crippen LogP contribution < -0.4 is 14.8 Å². The maximum absolute atomic E-state index is 14.4. The first-order valence-corrected chi connectivity index (χ1v) is 11.4. The molecule has 34 heavy (non-hydrogen) atoms. The Morgan fingerprint density at radius 3 is 2.35 bits per heavy atom. The van der Waals surface area contributed by atoms with E-state index < -0.39 is 32.5 Å². The number of para-hydroxylation sites is 2. The number of carbonyl (C=O) groups is 1. The molecule has 0 spiro atoms. The van der Waals surface area contributed by atoms with Crippen LogP contribution in [-0.2, 0) is 10.0 Å². The summed E-state index contributed by atoms with van der Waals surface area (Å²) in [7, 11) is -3.11. The summed E-state index contributed by atoms with van der Waals surface area (Å²) in [5, 5.41) is 2.38. The number of hydrogen-bond donors (Lipinski definition) is 2. The van der Waals surface area contributed by atoms with E-state index in [1.54, 1.807) is 31.2 Å². The average molecular weight is 484 g/mol. The van der Waals surface area contributed by atoms with E-state index in [2.05, 4.69) is 15.3 Å². The quantitative estimate of drug-likeness (QED) is 0.425. The third kappa shape index (κ3) is 4.56. The number of fused-ring (bicyclic) bond motifs is 1. The summed E-state index contributed by atoms with van der Waals surface area (Å²) in [4.78, 5) is 21.1. The van der Waals surface area contributed by atoms with Gasteiger partial charge in [-0.2, -0.15) is 0 Å². The zero-order valence-corrected chi connectivity index (χ0v) is 18.8. The van der Waals surface area contributed by atoms with E-state index >= 15 is 0 Å². The molecule has 0 atom stereocenters. The molecule has 0 unspecified atom stereocenters. The number of sulfonamides is 1. The first-order chi connectivity index (χ1) is 16.2. The van der Waals surface area contributed by atoms with Crippen LogP contribution in [0.4, 0.5) is 14.5 Å². The zero-order chi connectivity index (χ0) is 24.5. The van der Waals surface area contributed by atoms with Crippen molar-refractivity contribution < 1.29 is 26.7 Å². The molecule has 0 aliphatic heterocycles. The molecule has 0 aliphatic rings. The van der Waals surface area contributed by atoms with E-state index in [0.29, 0.717) is 16.6 Å². The number of carbonyl (C=O) groups excluding carboxylic acids is 1. The highest BCUT2D eigenvalue weighted by Gasteiger charge is 2.25. The smallest absolute Gasteiger partial charge is 0.279 e. The second-order valence-corrected chi connectivity index (χ2v) is 8.98. The Kier molecular flexibility index (Phi) is 6.22. The molecule has 2 N–H and O–H groups in total. The number of halogens is 2. The number of aromatic nitrogens is 2. The Labute approximate surface area is 193 Å². The predicted octanol–water partition coefficient (Wildman–Crippen LogP) is 4.17. The van der Waals surface area contributed by atoms with Gasteiger partial charge >= 0.3 is 0 Å². The fraction of sp³-hybridized carbons (Fsp3) is 0.0870. The summed E-state index contributed by atoms with van der Waals surface area (Å²) in [5.41, 5.74) is 0.683. The summed E-state index contributed by atoms with van der Waals surface area (Å²) >= 11 is 0. The topological polar surface area (TPSA) is 110 Å². The van der Waals surface area contributed by atoms with Crippen LogP contribution in [-0.4, -0.2) is 31.3 Å². The third-order valence-electron chi connectivity index (χ3n) is 4.85. The van der Waals surface area contributed by atoms with Crippen LogP contribution in [0.25, 0.3) is 11.0 Å². The molecule has 3 aromatic carbocycles. The van der Waals surface area contributed by atoms with Crippen LogP contribution in [0.15, 0.2) is 65.6 Å². The highest BCUT2D eigenvalue weighted by atomic mass is 32.2. The fourth-order valence-corrected chi connectivity index (χ4v) is 4.14. The van der Waals surface area contributed by atoms with Gasteiger partial charge in [-0.25, -0.2) is 31.9 Å². The Morgan fingerprint density at radius 1 is 0.971 bits per heavy atom. The molecule has 4 aromatic rings. The summed E-state index contributed by atoms with van der Waals surface area (Å²) in [6.45, 7) is 1.62. The van der Waals surface area contributed by atoms with Crippen LogP contribution >= 0.6 is 0 Å². The summed E-state index contributed by atoms with van der Waals surface area (Å²) < 4.78 is 60.4. The van der Waals surface area contributed by atoms with Crippen LogP contribution in [0, 0.1) is 18.6 Å². The van der Waals surface area contributed by atoms with Gasteiger partial charge in [0.2, 0.25) is 10.0 Å². The third-order valence-corrected chi connectivity index (χ3v) is 6.34. The van der Waals surface area contributed by atoms with Crippen molar-refractivity contribution in [2.45, 2.75) is 11.8 Å². The lowest BCUT2D eigenvalue weighted by molar-refractivity contribution is 0.101. The molecule has 0 fully saturated rings. The number of nitrogens with zero attached hydrogens (tertiary/aromatic N) is 2. The number of nitrogens with one attached hydrogen (secondary N) is 2.